The van der Waals surface area contributed by atoms with Crippen LogP contribution in [0, 0.1) is 0 Å². The van der Waals surface area contributed by atoms with E-state index in [0.29, 0.717) is 0 Å². The third-order valence-corrected chi connectivity index (χ3v) is 27.4. The first-order chi connectivity index (χ1) is 33.6. The normalized spacial score (nSPS) is 22.3. The van der Waals surface area contributed by atoms with Crippen molar-refractivity contribution in [1.82, 2.24) is 0 Å². The lowest BCUT2D eigenvalue weighted by Crippen LogP contribution is -2.52. The molecule has 0 amide bonds. The first-order valence-electron chi connectivity index (χ1n) is 25.9. The van der Waals surface area contributed by atoms with Crippen molar-refractivity contribution in [2.24, 2.45) is 0 Å². The average molecular weight is 865 g/mol. The Kier molecular flexibility index (Phi) is 2.31. The fraction of sp³-hybridized carbons (Fsp3) is 0.121. The molecule has 28 aromatic rings. The third-order valence-electron chi connectivity index (χ3n) is 24.9. The molecule has 0 bridgehead atoms. The van der Waals surface area contributed by atoms with Crippen molar-refractivity contribution in [3.8, 4) is 0 Å². The van der Waals surface area contributed by atoms with Gasteiger partial charge in [0.05, 0.1) is 0 Å². The molecule has 0 N–H and O–H groups in total. The number of benzene rings is 17. The Morgan fingerprint density at radius 2 is 0.265 bits per heavy atom. The van der Waals surface area contributed by atoms with Crippen LogP contribution in [-0.4, -0.2) is 17.6 Å². The molecule has 0 aliphatic heterocycles. The Morgan fingerprint density at radius 1 is 0.162 bits per heavy atom. The standard InChI is InChI=1S/C66H16Si2/c1-67(2)5-65-61-54-47-35-27-18-9-7-8-10-13(9)22-29(27)37-38-30(22)28-19(10)21-17-12(8)15-14-11(7)16-20(18)33(35)41-39-25(16)23(14)31-32-24(15)26(17)40-42-34(21)36(28)48-50(38)59(58(61)49(37)47)62-55(48)53(42)57-46(40)44(32)51-43(31)45(39)56(52(41)54)63(65)60(51)64(57)66(62,65)6-68(3)4/h5-6H2,1-4H3/t65-,66+. The van der Waals surface area contributed by atoms with Crippen LogP contribution in [0.15, 0.2) is 0 Å². The van der Waals surface area contributed by atoms with Crippen LogP contribution < -0.4 is 0 Å². The summed E-state index contributed by atoms with van der Waals surface area (Å²) < 4.78 is 0. The van der Waals surface area contributed by atoms with Crippen LogP contribution in [0.1, 0.15) is 22.3 Å². The van der Waals surface area contributed by atoms with Crippen molar-refractivity contribution in [1.29, 1.82) is 0 Å². The lowest BCUT2D eigenvalue weighted by atomic mass is 9.51. The molecule has 2 heteroatoms. The molecule has 0 heterocycles. The zero-order valence-electron chi connectivity index (χ0n) is 36.4. The van der Waals surface area contributed by atoms with Gasteiger partial charge < -0.3 is 0 Å². The summed E-state index contributed by atoms with van der Waals surface area (Å²) in [6.45, 7) is 10.9. The molecule has 0 saturated heterocycles. The molecule has 0 aromatic heterocycles. The molecular formula is C66H16Si2. The van der Waals surface area contributed by atoms with Gasteiger partial charge in [0.2, 0.25) is 0 Å². The van der Waals surface area contributed by atoms with Crippen LogP contribution in [0.25, 0.3) is 291 Å². The van der Waals surface area contributed by atoms with E-state index in [9.17, 15) is 0 Å². The van der Waals surface area contributed by atoms with E-state index in [1.54, 1.807) is 291 Å². The van der Waals surface area contributed by atoms with E-state index in [-0.39, 0.29) is 10.8 Å². The monoisotopic (exact) mass is 864 g/mol. The van der Waals surface area contributed by atoms with Gasteiger partial charge in [-0.3, -0.25) is 0 Å². The largest absolute Gasteiger partial charge is 0.0712 e. The van der Waals surface area contributed by atoms with Crippen LogP contribution >= 0.6 is 0 Å². The van der Waals surface area contributed by atoms with Gasteiger partial charge in [-0.2, -0.15) is 0 Å². The Hall–Kier alpha value is -7.11. The van der Waals surface area contributed by atoms with Gasteiger partial charge in [0, 0.05) is 28.4 Å². The summed E-state index contributed by atoms with van der Waals surface area (Å²) in [7, 11) is -1.51. The van der Waals surface area contributed by atoms with Crippen molar-refractivity contribution in [3.05, 3.63) is 22.3 Å². The van der Waals surface area contributed by atoms with Crippen LogP contribution in [0.4, 0.5) is 0 Å². The molecular weight excluding hydrogens is 849 g/mol. The molecule has 4 aliphatic rings. The van der Waals surface area contributed by atoms with E-state index < -0.39 is 17.6 Å². The lowest BCUT2D eigenvalue weighted by molar-refractivity contribution is 0.387. The molecule has 28 aromatic carbocycles. The summed E-state index contributed by atoms with van der Waals surface area (Å²) in [4.78, 5) is 0. The first-order valence-corrected chi connectivity index (χ1v) is 31.3. The molecule has 4 aliphatic carbocycles. The van der Waals surface area contributed by atoms with Gasteiger partial charge in [0.1, 0.15) is 0 Å². The van der Waals surface area contributed by atoms with Gasteiger partial charge >= 0.3 is 0 Å². The average Bonchev–Trinajstić information content (AvgIpc) is 4.21. The van der Waals surface area contributed by atoms with E-state index in [1.165, 1.54) is 12.1 Å². The molecule has 0 spiro atoms. The minimum atomic E-state index is -0.754. The molecule has 0 saturated carbocycles. The van der Waals surface area contributed by atoms with E-state index in [0.717, 1.165) is 0 Å². The molecule has 0 fully saturated rings. The molecule has 32 rings (SSSR count). The number of hydrogen-bond acceptors (Lipinski definition) is 0. The van der Waals surface area contributed by atoms with Gasteiger partial charge in [0.25, 0.3) is 0 Å². The maximum absolute atomic E-state index is 2.73. The highest BCUT2D eigenvalue weighted by Crippen LogP contribution is 2.85. The van der Waals surface area contributed by atoms with Crippen LogP contribution in [0.3, 0.4) is 0 Å². The van der Waals surface area contributed by atoms with E-state index in [4.69, 9.17) is 0 Å². The van der Waals surface area contributed by atoms with Crippen LogP contribution in [0.5, 0.6) is 0 Å². The zero-order chi connectivity index (χ0) is 41.1. The highest BCUT2D eigenvalue weighted by molar-refractivity contribution is 6.82. The second-order valence-electron chi connectivity index (χ2n) is 26.3. The van der Waals surface area contributed by atoms with Gasteiger partial charge in [-0.15, -0.1) is 0 Å². The van der Waals surface area contributed by atoms with Crippen molar-refractivity contribution in [2.45, 2.75) is 49.1 Å². The van der Waals surface area contributed by atoms with Crippen molar-refractivity contribution in [2.75, 3.05) is 0 Å². The second kappa shape index (κ2) is 5.95. The minimum Gasteiger partial charge on any atom is -0.0712 e. The molecule has 0 nitrogen and oxygen atoms in total. The van der Waals surface area contributed by atoms with Crippen LogP contribution in [-0.2, 0) is 10.8 Å². The molecule has 2 atom stereocenters. The Bertz CT molecular complexity index is 6770. The van der Waals surface area contributed by atoms with Crippen molar-refractivity contribution in [3.63, 3.8) is 0 Å². The molecule has 2 radical (unpaired) electrons. The second-order valence-corrected chi connectivity index (χ2v) is 31.9. The molecule has 288 valence electrons. The van der Waals surface area contributed by atoms with Gasteiger partial charge in [-0.05, 0) is 325 Å². The fourth-order valence-electron chi connectivity index (χ4n) is 25.3. The summed E-state index contributed by atoms with van der Waals surface area (Å²) in [5.41, 5.74) is 7.36. The SMILES string of the molecule is C[Si](C)C[C@]12c3c4c5c6c7c8c(c9c%10c1c1c%11c3c3c%12c4c4c6c6c7c7c%13c8c9c8c9c%10c1c1c%10c%11c3c3c%11c%12c4c4c6c6c7c7c%13c8c8c9c1c1c%10c3c3c%11c4c6c4c7c8c1c34)[C@@]52C[Si](C)C. The van der Waals surface area contributed by atoms with Crippen molar-refractivity contribution < 1.29 is 0 Å². The summed E-state index contributed by atoms with van der Waals surface area (Å²) >= 11 is 0. The smallest absolute Gasteiger partial charge is 0.0425 e. The lowest BCUT2D eigenvalue weighted by Gasteiger charge is -2.54. The highest BCUT2D eigenvalue weighted by Gasteiger charge is 2.69. The Morgan fingerprint density at radius 3 is 0.426 bits per heavy atom. The van der Waals surface area contributed by atoms with Gasteiger partial charge in [-0.1, -0.05) is 26.2 Å². The van der Waals surface area contributed by atoms with E-state index in [2.05, 4.69) is 26.2 Å². The topological polar surface area (TPSA) is 0 Å². The summed E-state index contributed by atoms with van der Waals surface area (Å²) in [5, 5.41) is 92.6. The maximum Gasteiger partial charge on any atom is 0.0425 e. The van der Waals surface area contributed by atoms with Gasteiger partial charge in [0.15, 0.2) is 0 Å². The fourth-order valence-corrected chi connectivity index (χ4v) is 28.7. The van der Waals surface area contributed by atoms with Crippen molar-refractivity contribution >= 4 is 308 Å². The third kappa shape index (κ3) is 1.40. The highest BCUT2D eigenvalue weighted by atomic mass is 28.3. The molecule has 0 unspecified atom stereocenters. The number of hydrogen-bond donors (Lipinski definition) is 0. The summed E-state index contributed by atoms with van der Waals surface area (Å²) in [6, 6.07) is 2.67. The predicted molar refractivity (Wildman–Crippen MR) is 298 cm³/mol. The summed E-state index contributed by atoms with van der Waals surface area (Å²) in [6.07, 6.45) is 0. The minimum absolute atomic E-state index is 0.0713. The summed E-state index contributed by atoms with van der Waals surface area (Å²) in [5.74, 6) is 0. The predicted octanol–water partition coefficient (Wildman–Crippen LogP) is 18.8. The van der Waals surface area contributed by atoms with Crippen LogP contribution in [0.2, 0.25) is 38.3 Å². The van der Waals surface area contributed by atoms with E-state index in [1.807, 2.05) is 22.3 Å². The number of rotatable bonds is 4. The quantitative estimate of drug-likeness (QED) is 0.122. The maximum atomic E-state index is 2.73. The van der Waals surface area contributed by atoms with Gasteiger partial charge in [-0.25, -0.2) is 0 Å². The zero-order valence-corrected chi connectivity index (χ0v) is 38.4. The Balaban J connectivity index is 1.25. The molecule has 68 heavy (non-hydrogen) atoms. The first kappa shape index (κ1) is 26.4. The van der Waals surface area contributed by atoms with E-state index >= 15 is 0 Å². The Labute approximate surface area is 377 Å².